The van der Waals surface area contributed by atoms with Crippen LogP contribution in [-0.2, 0) is 4.79 Å². The van der Waals surface area contributed by atoms with Gasteiger partial charge in [-0.1, -0.05) is 20.8 Å². The number of aliphatic carboxylic acids is 1. The lowest BCUT2D eigenvalue weighted by Crippen LogP contribution is -2.16. The van der Waals surface area contributed by atoms with E-state index in [1.807, 2.05) is 20.8 Å². The Morgan fingerprint density at radius 1 is 1.33 bits per heavy atom. The van der Waals surface area contributed by atoms with Gasteiger partial charge in [-0.2, -0.15) is 0 Å². The predicted octanol–water partition coefficient (Wildman–Crippen LogP) is 3.96. The summed E-state index contributed by atoms with van der Waals surface area (Å²) >= 11 is 0. The molecular formula is C14H18F2O2. The van der Waals surface area contributed by atoms with Crippen molar-refractivity contribution < 1.29 is 18.7 Å². The fourth-order valence-electron chi connectivity index (χ4n) is 2.07. The molecule has 0 bridgehead atoms. The monoisotopic (exact) mass is 256 g/mol. The Balaban J connectivity index is 3.08. The minimum atomic E-state index is -1.01. The normalized spacial score (nSPS) is 13.4. The van der Waals surface area contributed by atoms with E-state index in [4.69, 9.17) is 5.11 Å². The van der Waals surface area contributed by atoms with Crippen LogP contribution in [0.15, 0.2) is 18.2 Å². The van der Waals surface area contributed by atoms with Crippen molar-refractivity contribution in [2.45, 2.75) is 39.5 Å². The number of hydrogen-bond acceptors (Lipinski definition) is 1. The van der Waals surface area contributed by atoms with Crippen LogP contribution in [0.5, 0.6) is 0 Å². The molecule has 0 aliphatic heterocycles. The zero-order chi connectivity index (χ0) is 13.9. The van der Waals surface area contributed by atoms with Gasteiger partial charge >= 0.3 is 5.97 Å². The van der Waals surface area contributed by atoms with E-state index in [9.17, 15) is 13.6 Å². The second-order valence-corrected chi connectivity index (χ2v) is 5.73. The summed E-state index contributed by atoms with van der Waals surface area (Å²) in [5.41, 5.74) is -0.00822. The highest BCUT2D eigenvalue weighted by molar-refractivity contribution is 5.68. The van der Waals surface area contributed by atoms with Crippen molar-refractivity contribution in [2.24, 2.45) is 5.41 Å². The topological polar surface area (TPSA) is 37.3 Å². The number of halogens is 2. The Morgan fingerprint density at radius 3 is 2.44 bits per heavy atom. The zero-order valence-electron chi connectivity index (χ0n) is 10.8. The highest BCUT2D eigenvalue weighted by atomic mass is 19.1. The number of carboxylic acids is 1. The summed E-state index contributed by atoms with van der Waals surface area (Å²) < 4.78 is 26.8. The molecule has 0 heterocycles. The van der Waals surface area contributed by atoms with Crippen molar-refractivity contribution in [3.05, 3.63) is 35.4 Å². The van der Waals surface area contributed by atoms with Crippen LogP contribution in [0.2, 0.25) is 0 Å². The zero-order valence-corrected chi connectivity index (χ0v) is 10.8. The highest BCUT2D eigenvalue weighted by Gasteiger charge is 2.25. The molecule has 0 fully saturated rings. The third kappa shape index (κ3) is 4.43. The van der Waals surface area contributed by atoms with E-state index in [0.717, 1.165) is 18.2 Å². The quantitative estimate of drug-likeness (QED) is 0.885. The second-order valence-electron chi connectivity index (χ2n) is 5.73. The summed E-state index contributed by atoms with van der Waals surface area (Å²) in [7, 11) is 0. The van der Waals surface area contributed by atoms with Crippen LogP contribution in [-0.4, -0.2) is 11.1 Å². The minimum absolute atomic E-state index is 0.146. The molecule has 0 aliphatic rings. The number of rotatable bonds is 4. The molecule has 18 heavy (non-hydrogen) atoms. The van der Waals surface area contributed by atoms with Gasteiger partial charge in [0.05, 0.1) is 6.42 Å². The SMILES string of the molecule is CC(C)(C)CC(CC(=O)O)c1cc(F)ccc1F. The van der Waals surface area contributed by atoms with E-state index in [1.165, 1.54) is 0 Å². The van der Waals surface area contributed by atoms with Gasteiger partial charge in [-0.3, -0.25) is 4.79 Å². The maximum absolute atomic E-state index is 13.7. The molecule has 0 saturated carbocycles. The van der Waals surface area contributed by atoms with Crippen LogP contribution in [0, 0.1) is 17.0 Å². The van der Waals surface area contributed by atoms with Crippen LogP contribution >= 0.6 is 0 Å². The number of hydrogen-bond donors (Lipinski definition) is 1. The van der Waals surface area contributed by atoms with Gasteiger partial charge in [0.2, 0.25) is 0 Å². The molecule has 100 valence electrons. The van der Waals surface area contributed by atoms with Gasteiger partial charge in [0, 0.05) is 0 Å². The van der Waals surface area contributed by atoms with E-state index in [2.05, 4.69) is 0 Å². The summed E-state index contributed by atoms with van der Waals surface area (Å²) in [5.74, 6) is -2.62. The Bertz CT molecular complexity index is 436. The molecule has 1 N–H and O–H groups in total. The summed E-state index contributed by atoms with van der Waals surface area (Å²) in [6.45, 7) is 5.83. The lowest BCUT2D eigenvalue weighted by Gasteiger charge is -2.25. The van der Waals surface area contributed by atoms with E-state index >= 15 is 0 Å². The van der Waals surface area contributed by atoms with Gasteiger partial charge in [0.25, 0.3) is 0 Å². The van der Waals surface area contributed by atoms with Crippen molar-refractivity contribution in [2.75, 3.05) is 0 Å². The first kappa shape index (κ1) is 14.6. The van der Waals surface area contributed by atoms with Crippen LogP contribution in [0.25, 0.3) is 0 Å². The first-order valence-electron chi connectivity index (χ1n) is 5.86. The molecule has 4 heteroatoms. The summed E-state index contributed by atoms with van der Waals surface area (Å²) in [6.07, 6.45) is 0.289. The molecule has 1 aromatic carbocycles. The van der Waals surface area contributed by atoms with Gasteiger partial charge in [-0.05, 0) is 41.5 Å². The fraction of sp³-hybridized carbons (Fsp3) is 0.500. The summed E-state index contributed by atoms with van der Waals surface area (Å²) in [4.78, 5) is 10.8. The van der Waals surface area contributed by atoms with E-state index in [-0.39, 0.29) is 17.4 Å². The third-order valence-electron chi connectivity index (χ3n) is 2.68. The standard InChI is InChI=1S/C14H18F2O2/c1-14(2,3)8-9(6-13(17)18)11-7-10(15)4-5-12(11)16/h4-5,7,9H,6,8H2,1-3H3,(H,17,18). The minimum Gasteiger partial charge on any atom is -0.481 e. The Kier molecular flexibility index (Phi) is 4.43. The highest BCUT2D eigenvalue weighted by Crippen LogP contribution is 2.35. The fourth-order valence-corrected chi connectivity index (χ4v) is 2.07. The molecule has 1 atom stereocenters. The lowest BCUT2D eigenvalue weighted by atomic mass is 9.80. The first-order valence-corrected chi connectivity index (χ1v) is 5.86. The van der Waals surface area contributed by atoms with Crippen molar-refractivity contribution >= 4 is 5.97 Å². The van der Waals surface area contributed by atoms with Crippen molar-refractivity contribution in [3.8, 4) is 0 Å². The number of carboxylic acid groups (broad SMARTS) is 1. The number of carbonyl (C=O) groups is 1. The number of benzene rings is 1. The molecule has 2 nitrogen and oxygen atoms in total. The Labute approximate surface area is 106 Å². The van der Waals surface area contributed by atoms with Gasteiger partial charge in [0.1, 0.15) is 11.6 Å². The molecular weight excluding hydrogens is 238 g/mol. The molecule has 0 saturated heterocycles. The van der Waals surface area contributed by atoms with Gasteiger partial charge in [-0.25, -0.2) is 8.78 Å². The van der Waals surface area contributed by atoms with Crippen LogP contribution in [0.3, 0.4) is 0 Å². The van der Waals surface area contributed by atoms with Crippen LogP contribution in [0.1, 0.15) is 45.1 Å². The molecule has 0 aliphatic carbocycles. The van der Waals surface area contributed by atoms with Crippen molar-refractivity contribution in [1.82, 2.24) is 0 Å². The van der Waals surface area contributed by atoms with Crippen LogP contribution in [0.4, 0.5) is 8.78 Å². The van der Waals surface area contributed by atoms with Crippen LogP contribution < -0.4 is 0 Å². The predicted molar refractivity (Wildman–Crippen MR) is 65.4 cm³/mol. The molecule has 0 aromatic heterocycles. The maximum atomic E-state index is 13.7. The molecule has 0 radical (unpaired) electrons. The Hall–Kier alpha value is -1.45. The smallest absolute Gasteiger partial charge is 0.303 e. The van der Waals surface area contributed by atoms with Gasteiger partial charge in [-0.15, -0.1) is 0 Å². The summed E-state index contributed by atoms with van der Waals surface area (Å²) in [5, 5.41) is 8.89. The van der Waals surface area contributed by atoms with Crippen molar-refractivity contribution in [1.29, 1.82) is 0 Å². The van der Waals surface area contributed by atoms with E-state index in [1.54, 1.807) is 0 Å². The van der Waals surface area contributed by atoms with E-state index in [0.29, 0.717) is 6.42 Å². The first-order chi connectivity index (χ1) is 8.19. The molecule has 1 rings (SSSR count). The molecule has 0 spiro atoms. The van der Waals surface area contributed by atoms with Gasteiger partial charge < -0.3 is 5.11 Å². The molecule has 1 aromatic rings. The second kappa shape index (κ2) is 5.46. The van der Waals surface area contributed by atoms with Crippen molar-refractivity contribution in [3.63, 3.8) is 0 Å². The Morgan fingerprint density at radius 2 is 1.94 bits per heavy atom. The largest absolute Gasteiger partial charge is 0.481 e. The van der Waals surface area contributed by atoms with E-state index < -0.39 is 23.5 Å². The lowest BCUT2D eigenvalue weighted by molar-refractivity contribution is -0.137. The molecule has 0 amide bonds. The third-order valence-corrected chi connectivity index (χ3v) is 2.68. The molecule has 1 unspecified atom stereocenters. The summed E-state index contributed by atoms with van der Waals surface area (Å²) in [6, 6.07) is 3.17. The average molecular weight is 256 g/mol. The maximum Gasteiger partial charge on any atom is 0.303 e. The van der Waals surface area contributed by atoms with Gasteiger partial charge in [0.15, 0.2) is 0 Å². The average Bonchev–Trinajstić information content (AvgIpc) is 2.18.